The number of carbonyl (C=O) groups is 2. The number of methoxy groups -OCH3 is 1. The van der Waals surface area contributed by atoms with Gasteiger partial charge in [-0.2, -0.15) is 0 Å². The number of nitrogens with one attached hydrogen (secondary N) is 1. The van der Waals surface area contributed by atoms with Gasteiger partial charge in [0, 0.05) is 37.4 Å². The quantitative estimate of drug-likeness (QED) is 0.817. The number of para-hydroxylation sites is 1. The van der Waals surface area contributed by atoms with Crippen molar-refractivity contribution < 1.29 is 14.3 Å². The summed E-state index contributed by atoms with van der Waals surface area (Å²) in [5.41, 5.74) is 1.69. The molecule has 6 nitrogen and oxygen atoms in total. The Bertz CT molecular complexity index is 813. The van der Waals surface area contributed by atoms with E-state index in [0.717, 1.165) is 13.1 Å². The third kappa shape index (κ3) is 5.08. The van der Waals surface area contributed by atoms with Crippen LogP contribution in [0.5, 0.6) is 5.75 Å². The largest absolute Gasteiger partial charge is 0.497 e. The molecule has 0 aromatic heterocycles. The first-order valence-corrected chi connectivity index (χ1v) is 10.0. The van der Waals surface area contributed by atoms with Gasteiger partial charge in [-0.15, -0.1) is 0 Å². The third-order valence-corrected chi connectivity index (χ3v) is 5.28. The molecule has 3 rings (SSSR count). The molecule has 0 saturated carbocycles. The van der Waals surface area contributed by atoms with Gasteiger partial charge >= 0.3 is 0 Å². The van der Waals surface area contributed by atoms with Gasteiger partial charge in [-0.25, -0.2) is 0 Å². The zero-order valence-corrected chi connectivity index (χ0v) is 17.3. The lowest BCUT2D eigenvalue weighted by Gasteiger charge is -2.38. The molecule has 2 amide bonds. The van der Waals surface area contributed by atoms with E-state index in [1.807, 2.05) is 36.9 Å². The molecule has 1 aliphatic heterocycles. The highest BCUT2D eigenvalue weighted by molar-refractivity contribution is 5.97. The second kappa shape index (κ2) is 9.45. The number of anilines is 1. The van der Waals surface area contributed by atoms with Crippen molar-refractivity contribution in [3.8, 4) is 5.75 Å². The fourth-order valence-corrected chi connectivity index (χ4v) is 3.50. The zero-order chi connectivity index (χ0) is 20.8. The van der Waals surface area contributed by atoms with Crippen LogP contribution in [0.3, 0.4) is 0 Å². The highest BCUT2D eigenvalue weighted by atomic mass is 16.5. The summed E-state index contributed by atoms with van der Waals surface area (Å²) in [6, 6.07) is 16.6. The summed E-state index contributed by atoms with van der Waals surface area (Å²) in [4.78, 5) is 29.9. The van der Waals surface area contributed by atoms with Gasteiger partial charge in [0.15, 0.2) is 0 Å². The van der Waals surface area contributed by atoms with Crippen LogP contribution in [0.25, 0.3) is 0 Å². The van der Waals surface area contributed by atoms with Crippen LogP contribution in [-0.2, 0) is 4.79 Å². The van der Waals surface area contributed by atoms with Gasteiger partial charge in [-0.1, -0.05) is 32.0 Å². The van der Waals surface area contributed by atoms with Gasteiger partial charge in [0.1, 0.15) is 11.8 Å². The second-order valence-electron chi connectivity index (χ2n) is 7.57. The molecule has 0 unspecified atom stereocenters. The molecule has 29 heavy (non-hydrogen) atoms. The molecule has 1 fully saturated rings. The molecule has 1 heterocycles. The van der Waals surface area contributed by atoms with Gasteiger partial charge in [-0.05, 0) is 42.3 Å². The van der Waals surface area contributed by atoms with Crippen molar-refractivity contribution in [2.24, 2.45) is 5.92 Å². The lowest BCUT2D eigenvalue weighted by atomic mass is 10.0. The fraction of sp³-hybridized carbons (Fsp3) is 0.391. The lowest BCUT2D eigenvalue weighted by molar-refractivity contribution is -0.134. The number of ether oxygens (including phenoxy) is 1. The fourth-order valence-electron chi connectivity index (χ4n) is 3.50. The molecule has 0 radical (unpaired) electrons. The SMILES string of the molecule is COc1ccc(C(=O)N[C@H](C(=O)N2CCN(c3ccccc3)CC2)C(C)C)cc1. The van der Waals surface area contributed by atoms with Crippen LogP contribution in [0.4, 0.5) is 5.69 Å². The smallest absolute Gasteiger partial charge is 0.251 e. The maximum absolute atomic E-state index is 13.1. The van der Waals surface area contributed by atoms with Crippen LogP contribution in [0, 0.1) is 5.92 Å². The minimum atomic E-state index is -0.548. The molecular formula is C23H29N3O3. The van der Waals surface area contributed by atoms with Crippen LogP contribution < -0.4 is 15.0 Å². The first kappa shape index (κ1) is 20.7. The van der Waals surface area contributed by atoms with E-state index in [1.165, 1.54) is 5.69 Å². The highest BCUT2D eigenvalue weighted by Gasteiger charge is 2.31. The Morgan fingerprint density at radius 3 is 2.10 bits per heavy atom. The second-order valence-corrected chi connectivity index (χ2v) is 7.57. The summed E-state index contributed by atoms with van der Waals surface area (Å²) in [5.74, 6) is 0.420. The van der Waals surface area contributed by atoms with Crippen molar-refractivity contribution in [1.29, 1.82) is 0 Å². The summed E-state index contributed by atoms with van der Waals surface area (Å²) >= 11 is 0. The van der Waals surface area contributed by atoms with Gasteiger partial charge in [0.2, 0.25) is 5.91 Å². The predicted octanol–water partition coefficient (Wildman–Crippen LogP) is 2.80. The van der Waals surface area contributed by atoms with Gasteiger partial charge < -0.3 is 19.9 Å². The van der Waals surface area contributed by atoms with E-state index < -0.39 is 6.04 Å². The van der Waals surface area contributed by atoms with E-state index in [9.17, 15) is 9.59 Å². The number of hydrogen-bond acceptors (Lipinski definition) is 4. The molecule has 2 aromatic carbocycles. The van der Waals surface area contributed by atoms with Crippen LogP contribution in [-0.4, -0.2) is 56.0 Å². The van der Waals surface area contributed by atoms with Gasteiger partial charge in [-0.3, -0.25) is 9.59 Å². The molecule has 6 heteroatoms. The summed E-state index contributed by atoms with van der Waals surface area (Å²) < 4.78 is 5.13. The Balaban J connectivity index is 1.61. The number of benzene rings is 2. The van der Waals surface area contributed by atoms with E-state index in [2.05, 4.69) is 22.3 Å². The standard InChI is InChI=1S/C23H29N3O3/c1-17(2)21(24-22(27)18-9-11-20(29-3)12-10-18)23(28)26-15-13-25(14-16-26)19-7-5-4-6-8-19/h4-12,17,21H,13-16H2,1-3H3,(H,24,27)/t21-/m0/s1. The molecule has 2 aromatic rings. The monoisotopic (exact) mass is 395 g/mol. The van der Waals surface area contributed by atoms with E-state index in [0.29, 0.717) is 24.4 Å². The number of piperazine rings is 1. The van der Waals surface area contributed by atoms with E-state index in [1.54, 1.807) is 31.4 Å². The third-order valence-electron chi connectivity index (χ3n) is 5.28. The van der Waals surface area contributed by atoms with Crippen molar-refractivity contribution in [3.63, 3.8) is 0 Å². The molecule has 154 valence electrons. The van der Waals surface area contributed by atoms with Gasteiger partial charge in [0.25, 0.3) is 5.91 Å². The van der Waals surface area contributed by atoms with Crippen molar-refractivity contribution in [1.82, 2.24) is 10.2 Å². The Kier molecular flexibility index (Phi) is 6.75. The average molecular weight is 396 g/mol. The molecule has 1 N–H and O–H groups in total. The summed E-state index contributed by atoms with van der Waals surface area (Å²) in [7, 11) is 1.58. The summed E-state index contributed by atoms with van der Waals surface area (Å²) in [5, 5.41) is 2.93. The molecular weight excluding hydrogens is 366 g/mol. The summed E-state index contributed by atoms with van der Waals surface area (Å²) in [6.45, 7) is 6.78. The molecule has 0 bridgehead atoms. The number of hydrogen-bond donors (Lipinski definition) is 1. The first-order chi connectivity index (χ1) is 14.0. The molecule has 1 aliphatic rings. The average Bonchev–Trinajstić information content (AvgIpc) is 2.77. The van der Waals surface area contributed by atoms with Gasteiger partial charge in [0.05, 0.1) is 7.11 Å². The van der Waals surface area contributed by atoms with Crippen molar-refractivity contribution in [3.05, 3.63) is 60.2 Å². The Morgan fingerprint density at radius 1 is 0.931 bits per heavy atom. The number of amides is 2. The lowest BCUT2D eigenvalue weighted by Crippen LogP contribution is -2.56. The van der Waals surface area contributed by atoms with E-state index in [4.69, 9.17) is 4.74 Å². The topological polar surface area (TPSA) is 61.9 Å². The van der Waals surface area contributed by atoms with Crippen LogP contribution >= 0.6 is 0 Å². The summed E-state index contributed by atoms with van der Waals surface area (Å²) in [6.07, 6.45) is 0. The Labute approximate surface area is 172 Å². The molecule has 0 aliphatic carbocycles. The van der Waals surface area contributed by atoms with Crippen molar-refractivity contribution in [2.45, 2.75) is 19.9 Å². The van der Waals surface area contributed by atoms with Crippen LogP contribution in [0.1, 0.15) is 24.2 Å². The molecule has 1 atom stereocenters. The number of rotatable bonds is 6. The number of nitrogens with zero attached hydrogens (tertiary/aromatic N) is 2. The normalized spacial score (nSPS) is 15.2. The molecule has 1 saturated heterocycles. The number of carbonyl (C=O) groups excluding carboxylic acids is 2. The Morgan fingerprint density at radius 2 is 1.55 bits per heavy atom. The maximum Gasteiger partial charge on any atom is 0.251 e. The van der Waals surface area contributed by atoms with Crippen molar-refractivity contribution in [2.75, 3.05) is 38.2 Å². The van der Waals surface area contributed by atoms with Crippen LogP contribution in [0.15, 0.2) is 54.6 Å². The predicted molar refractivity (Wildman–Crippen MR) is 114 cm³/mol. The Hall–Kier alpha value is -3.02. The maximum atomic E-state index is 13.1. The molecule has 0 spiro atoms. The highest BCUT2D eigenvalue weighted by Crippen LogP contribution is 2.17. The first-order valence-electron chi connectivity index (χ1n) is 10.0. The van der Waals surface area contributed by atoms with Crippen LogP contribution in [0.2, 0.25) is 0 Å². The minimum Gasteiger partial charge on any atom is -0.497 e. The van der Waals surface area contributed by atoms with Crippen molar-refractivity contribution >= 4 is 17.5 Å². The van der Waals surface area contributed by atoms with E-state index >= 15 is 0 Å². The zero-order valence-electron chi connectivity index (χ0n) is 17.3. The van der Waals surface area contributed by atoms with E-state index in [-0.39, 0.29) is 17.7 Å². The minimum absolute atomic E-state index is 0.00292.